The van der Waals surface area contributed by atoms with Crippen molar-refractivity contribution in [3.8, 4) is 11.5 Å². The highest BCUT2D eigenvalue weighted by molar-refractivity contribution is 5.63. The number of hydrogen-bond donors (Lipinski definition) is 3. The van der Waals surface area contributed by atoms with Crippen molar-refractivity contribution in [2.75, 3.05) is 36.9 Å². The first-order valence-corrected chi connectivity index (χ1v) is 10.6. The van der Waals surface area contributed by atoms with Gasteiger partial charge in [-0.25, -0.2) is 9.37 Å². The van der Waals surface area contributed by atoms with Crippen LogP contribution in [0.2, 0.25) is 0 Å². The fraction of sp³-hybridized carbons (Fsp3) is 0.250. The van der Waals surface area contributed by atoms with Crippen molar-refractivity contribution in [2.24, 2.45) is 0 Å². The Labute approximate surface area is 191 Å². The van der Waals surface area contributed by atoms with Gasteiger partial charge in [0.2, 0.25) is 5.95 Å². The number of aryl methyl sites for hydroxylation is 2. The van der Waals surface area contributed by atoms with Gasteiger partial charge in [-0.15, -0.1) is 0 Å². The molecule has 0 aliphatic carbocycles. The van der Waals surface area contributed by atoms with E-state index in [0.717, 1.165) is 19.3 Å². The molecule has 1 saturated heterocycles. The molecule has 0 unspecified atom stereocenters. The number of anilines is 4. The van der Waals surface area contributed by atoms with E-state index in [1.807, 2.05) is 24.4 Å². The zero-order chi connectivity index (χ0) is 23.2. The summed E-state index contributed by atoms with van der Waals surface area (Å²) in [6.45, 7) is 6.66. The van der Waals surface area contributed by atoms with Gasteiger partial charge in [-0.2, -0.15) is 4.98 Å². The van der Waals surface area contributed by atoms with Crippen LogP contribution in [0.3, 0.4) is 0 Å². The number of nitrogens with one attached hydrogen (secondary N) is 2. The van der Waals surface area contributed by atoms with Gasteiger partial charge in [-0.3, -0.25) is 0 Å². The van der Waals surface area contributed by atoms with Crippen LogP contribution < -0.4 is 15.4 Å². The van der Waals surface area contributed by atoms with Crippen molar-refractivity contribution in [3.05, 3.63) is 72.0 Å². The highest BCUT2D eigenvalue weighted by atomic mass is 19.1. The van der Waals surface area contributed by atoms with Gasteiger partial charge in [0, 0.05) is 36.7 Å². The van der Waals surface area contributed by atoms with Crippen molar-refractivity contribution in [2.45, 2.75) is 13.8 Å². The summed E-state index contributed by atoms with van der Waals surface area (Å²) >= 11 is 0. The zero-order valence-electron chi connectivity index (χ0n) is 18.5. The number of hydrogen-bond acceptors (Lipinski definition) is 8. The first-order chi connectivity index (χ1) is 16.0. The van der Waals surface area contributed by atoms with E-state index in [9.17, 15) is 9.50 Å². The second kappa shape index (κ2) is 10.2. The summed E-state index contributed by atoms with van der Waals surface area (Å²) in [7, 11) is 0. The maximum Gasteiger partial charge on any atom is 0.229 e. The Morgan fingerprint density at radius 3 is 2.61 bits per heavy atom. The number of halogens is 1. The number of benzene rings is 2. The Morgan fingerprint density at radius 2 is 1.85 bits per heavy atom. The smallest absolute Gasteiger partial charge is 0.229 e. The van der Waals surface area contributed by atoms with Crippen LogP contribution in [0, 0.1) is 19.7 Å². The lowest BCUT2D eigenvalue weighted by Gasteiger charge is -2.24. The number of aromatic hydroxyl groups is 1. The van der Waals surface area contributed by atoms with E-state index in [1.165, 1.54) is 0 Å². The third-order valence-electron chi connectivity index (χ3n) is 5.11. The maximum absolute atomic E-state index is 14.3. The highest BCUT2D eigenvalue weighted by Crippen LogP contribution is 2.28. The molecule has 0 bridgehead atoms. The lowest BCUT2D eigenvalue weighted by atomic mass is 10.1. The van der Waals surface area contributed by atoms with Crippen molar-refractivity contribution < 1.29 is 19.0 Å². The molecule has 0 saturated carbocycles. The molecule has 0 spiro atoms. The Hall–Kier alpha value is -3.85. The average Bonchev–Trinajstić information content (AvgIpc) is 2.81. The van der Waals surface area contributed by atoms with Gasteiger partial charge in [0.15, 0.2) is 11.6 Å². The quantitative estimate of drug-likeness (QED) is 0.354. The van der Waals surface area contributed by atoms with Gasteiger partial charge in [-0.1, -0.05) is 6.07 Å². The molecule has 0 atom stereocenters. The van der Waals surface area contributed by atoms with E-state index in [4.69, 9.17) is 9.47 Å². The second-order valence-corrected chi connectivity index (χ2v) is 7.68. The lowest BCUT2D eigenvalue weighted by molar-refractivity contribution is 0.0586. The van der Waals surface area contributed by atoms with Gasteiger partial charge in [0.25, 0.3) is 0 Å². The van der Waals surface area contributed by atoms with Crippen LogP contribution in [-0.4, -0.2) is 46.3 Å². The van der Waals surface area contributed by atoms with Crippen molar-refractivity contribution in [3.63, 3.8) is 0 Å². The molecule has 2 aromatic carbocycles. The largest absolute Gasteiger partial charge is 0.507 e. The fourth-order valence-electron chi connectivity index (χ4n) is 3.38. The van der Waals surface area contributed by atoms with Crippen molar-refractivity contribution in [1.29, 1.82) is 0 Å². The van der Waals surface area contributed by atoms with Crippen LogP contribution in [0.1, 0.15) is 11.1 Å². The highest BCUT2D eigenvalue weighted by Gasteiger charge is 2.11. The number of morpholine rings is 1. The molecule has 3 aromatic rings. The molecular weight excluding hydrogens is 425 g/mol. The van der Waals surface area contributed by atoms with Gasteiger partial charge < -0.3 is 30.1 Å². The monoisotopic (exact) mass is 451 g/mol. The summed E-state index contributed by atoms with van der Waals surface area (Å²) < 4.78 is 25.4. The molecule has 1 aromatic heterocycles. The number of phenolic OH excluding ortho intramolecular Hbond substituents is 1. The number of ether oxygens (including phenoxy) is 2. The Kier molecular flexibility index (Phi) is 6.89. The van der Waals surface area contributed by atoms with E-state index in [2.05, 4.69) is 25.5 Å². The Balaban J connectivity index is 1.44. The van der Waals surface area contributed by atoms with Crippen LogP contribution >= 0.6 is 0 Å². The zero-order valence-corrected chi connectivity index (χ0v) is 18.5. The van der Waals surface area contributed by atoms with E-state index in [1.54, 1.807) is 38.3 Å². The van der Waals surface area contributed by atoms with E-state index < -0.39 is 5.82 Å². The normalized spacial score (nSPS) is 13.8. The summed E-state index contributed by atoms with van der Waals surface area (Å²) in [4.78, 5) is 10.4. The predicted octanol–water partition coefficient (Wildman–Crippen LogP) is 4.61. The average molecular weight is 452 g/mol. The molecule has 8 nitrogen and oxygen atoms in total. The SMILES string of the molecule is Cc1cc(Nc2nc(Nc3cccc(O/C=C/N4CCOCC4)c3)ncc2F)cc(C)c1O. The maximum atomic E-state index is 14.3. The summed E-state index contributed by atoms with van der Waals surface area (Å²) in [6.07, 6.45) is 4.64. The summed E-state index contributed by atoms with van der Waals surface area (Å²) in [5.74, 6) is 0.521. The third kappa shape index (κ3) is 5.89. The predicted molar refractivity (Wildman–Crippen MR) is 125 cm³/mol. The van der Waals surface area contributed by atoms with Crippen LogP contribution in [0.15, 0.2) is 55.1 Å². The molecule has 1 aliphatic heterocycles. The van der Waals surface area contributed by atoms with Crippen molar-refractivity contribution >= 4 is 23.1 Å². The Bertz CT molecular complexity index is 1130. The molecule has 0 radical (unpaired) electrons. The molecule has 33 heavy (non-hydrogen) atoms. The molecule has 4 rings (SSSR count). The van der Waals surface area contributed by atoms with Gasteiger partial charge in [0.1, 0.15) is 17.8 Å². The van der Waals surface area contributed by atoms with Crippen LogP contribution in [-0.2, 0) is 4.74 Å². The third-order valence-corrected chi connectivity index (χ3v) is 5.11. The van der Waals surface area contributed by atoms with Crippen LogP contribution in [0.25, 0.3) is 0 Å². The minimum atomic E-state index is -0.589. The second-order valence-electron chi connectivity index (χ2n) is 7.68. The first-order valence-electron chi connectivity index (χ1n) is 10.6. The topological polar surface area (TPSA) is 91.8 Å². The fourth-order valence-corrected chi connectivity index (χ4v) is 3.38. The molecule has 0 amide bonds. The first kappa shape index (κ1) is 22.3. The molecule has 172 valence electrons. The Morgan fingerprint density at radius 1 is 1.09 bits per heavy atom. The van der Waals surface area contributed by atoms with Gasteiger partial charge in [-0.05, 0) is 49.2 Å². The number of phenols is 1. The minimum absolute atomic E-state index is 0.0258. The minimum Gasteiger partial charge on any atom is -0.507 e. The number of rotatable bonds is 7. The molecule has 1 aliphatic rings. The van der Waals surface area contributed by atoms with Crippen LogP contribution in [0.4, 0.5) is 27.5 Å². The van der Waals surface area contributed by atoms with Crippen molar-refractivity contribution in [1.82, 2.24) is 14.9 Å². The molecular formula is C24H26FN5O3. The molecule has 1 fully saturated rings. The van der Waals surface area contributed by atoms with E-state index in [0.29, 0.717) is 41.5 Å². The van der Waals surface area contributed by atoms with Gasteiger partial charge >= 0.3 is 0 Å². The molecule has 2 heterocycles. The molecule has 9 heteroatoms. The standard InChI is InChI=1S/C24H26FN5O3/c1-16-12-19(13-17(2)22(16)31)27-23-21(25)15-26-24(29-23)28-18-4-3-5-20(14-18)33-11-8-30-6-9-32-10-7-30/h3-5,8,11-15,31H,6-7,9-10H2,1-2H3,(H2,26,27,28,29)/b11-8+. The summed E-state index contributed by atoms with van der Waals surface area (Å²) in [6, 6.07) is 10.8. The van der Waals surface area contributed by atoms with E-state index >= 15 is 0 Å². The summed E-state index contributed by atoms with van der Waals surface area (Å²) in [5.41, 5.74) is 2.68. The molecule has 3 N–H and O–H groups in total. The number of nitrogens with zero attached hydrogens (tertiary/aromatic N) is 3. The van der Waals surface area contributed by atoms with E-state index in [-0.39, 0.29) is 17.5 Å². The lowest BCUT2D eigenvalue weighted by Crippen LogP contribution is -2.32. The van der Waals surface area contributed by atoms with Crippen LogP contribution in [0.5, 0.6) is 11.5 Å². The van der Waals surface area contributed by atoms with Gasteiger partial charge in [0.05, 0.1) is 19.4 Å². The summed E-state index contributed by atoms with van der Waals surface area (Å²) in [5, 5.41) is 16.0. The number of aromatic nitrogens is 2.